The molecule has 0 saturated heterocycles. The van der Waals surface area contributed by atoms with E-state index in [-0.39, 0.29) is 59.4 Å². The van der Waals surface area contributed by atoms with Crippen LogP contribution in [0, 0.1) is 18.3 Å². The molecule has 558 valence electrons. The molecule has 10 aromatic rings. The van der Waals surface area contributed by atoms with E-state index >= 15 is 0 Å². The van der Waals surface area contributed by atoms with Gasteiger partial charge in [-0.2, -0.15) is 5.26 Å². The van der Waals surface area contributed by atoms with Gasteiger partial charge in [-0.1, -0.05) is 143 Å². The number of hydrogen-bond acceptors (Lipinski definition) is 17. The molecule has 4 aromatic heterocycles. The molecule has 0 aliphatic rings. The van der Waals surface area contributed by atoms with Crippen molar-refractivity contribution in [3.63, 3.8) is 0 Å². The number of benzene rings is 6. The van der Waals surface area contributed by atoms with Gasteiger partial charge < -0.3 is 28.8 Å². The second-order valence-electron chi connectivity index (χ2n) is 23.9. The van der Waals surface area contributed by atoms with Crippen molar-refractivity contribution >= 4 is 149 Å². The van der Waals surface area contributed by atoms with Crippen LogP contribution in [0.3, 0.4) is 0 Å². The van der Waals surface area contributed by atoms with Crippen LogP contribution < -0.4 is 23.7 Å². The maximum atomic E-state index is 11.5. The highest BCUT2D eigenvalue weighted by Crippen LogP contribution is 2.44. The Balaban J connectivity index is 0.000000256. The van der Waals surface area contributed by atoms with Gasteiger partial charge in [-0.25, -0.2) is 48.3 Å². The monoisotopic (exact) mass is 1680 g/mol. The first-order chi connectivity index (χ1) is 49.3. The molecule has 0 spiro atoms. The number of aromatic nitrogens is 8. The van der Waals surface area contributed by atoms with Crippen molar-refractivity contribution in [2.45, 2.75) is 97.0 Å². The first-order valence-electron chi connectivity index (χ1n) is 31.3. The van der Waals surface area contributed by atoms with Crippen LogP contribution in [0.5, 0.6) is 34.5 Å². The van der Waals surface area contributed by atoms with E-state index in [2.05, 4.69) is 73.6 Å². The number of nitrogens with zero attached hydrogens (tertiary/aromatic N) is 9. The number of phenolic OH excluding ortho intramolecular Hbond substituents is 1. The number of phenols is 1. The Labute approximate surface area is 673 Å². The fourth-order valence-corrected chi connectivity index (χ4v) is 12.5. The number of hydrogen-bond donors (Lipinski definition) is 1. The SMILES string of the molecule is C.CC(C)(c1ccc(O)cc1)c1cc(Cl)c(OCCCl)c(Cl)c1.CC(C)(c1ccc(OCc2ccnc(CS(C)(=O)=O)n2)cc1)c1cc(Cl)c(OCCCl)c(C#N)c1.CC(C)(c1ccc(OCc2ccnc(Cl)n2)cc1)c1cc(Cl)c(OCCCl)c(Cl)c1.Cc1ccnc(Cl)n1.ClCc1ccnc(Cl)n1. The minimum absolute atomic E-state index is 0. The minimum Gasteiger partial charge on any atom is -0.508 e. The zero-order chi connectivity index (χ0) is 76.4. The summed E-state index contributed by atoms with van der Waals surface area (Å²) in [5, 5.41) is 22.0. The second kappa shape index (κ2) is 42.8. The standard InChI is InChI=1S/C25H25Cl2N3O4S.C22H20Cl4N2O2.C17H17Cl3O2.C5H4Cl2N2.C5H5ClN2.CH4/c1-25(2,19-12-17(14-28)24(22(27)13-19)33-11-9-26)18-4-6-21(7-5-18)34-15-20-8-10-29-23(30-20)16-35(3,31)32;1-22(2,15-11-18(24)20(19(25)12-15)29-10-8-23)14-3-5-17(6-4-14)30-13-16-7-9-27-21(26)28-16;1-17(2,11-3-5-13(21)6-4-11)12-9-14(19)16(15(20)10-12)22-8-7-18;6-3-4-1-2-8-5(7)9-4;1-4-2-3-7-5(6)8-4;/h4-8,10,12-13H,9,11,15-16H2,1-3H3;3-7,9,11-12H,8,10,13H2,1-2H3;3-6,9-10,21H,7-8H2,1-2H3;1-2H,3H2;2-3H,1H3;1H4. The summed E-state index contributed by atoms with van der Waals surface area (Å²) in [6, 6.07) is 42.7. The number of aromatic hydroxyl groups is 1. The van der Waals surface area contributed by atoms with E-state index < -0.39 is 15.3 Å². The Morgan fingerprint density at radius 2 is 0.781 bits per heavy atom. The lowest BCUT2D eigenvalue weighted by Gasteiger charge is -2.27. The molecule has 0 atom stereocenters. The lowest BCUT2D eigenvalue weighted by atomic mass is 9.77. The lowest BCUT2D eigenvalue weighted by molar-refractivity contribution is 0.300. The van der Waals surface area contributed by atoms with E-state index in [1.54, 1.807) is 67.1 Å². The molecule has 105 heavy (non-hydrogen) atoms. The first-order valence-corrected chi connectivity index (χ1v) is 38.5. The third-order valence-electron chi connectivity index (χ3n) is 15.2. The summed E-state index contributed by atoms with van der Waals surface area (Å²) in [6.45, 7) is 15.7. The van der Waals surface area contributed by atoms with Gasteiger partial charge in [0, 0.05) is 53.0 Å². The number of halogens is 12. The molecule has 0 bridgehead atoms. The van der Waals surface area contributed by atoms with E-state index in [0.29, 0.717) is 114 Å². The van der Waals surface area contributed by atoms with Crippen molar-refractivity contribution in [3.8, 4) is 40.6 Å². The zero-order valence-electron chi connectivity index (χ0n) is 57.4. The predicted octanol–water partition coefficient (Wildman–Crippen LogP) is 21.6. The summed E-state index contributed by atoms with van der Waals surface area (Å²) < 4.78 is 51.1. The number of alkyl halides is 4. The summed E-state index contributed by atoms with van der Waals surface area (Å²) in [5.74, 6) is 4.25. The molecule has 0 saturated carbocycles. The van der Waals surface area contributed by atoms with Crippen LogP contribution in [0.2, 0.25) is 41.0 Å². The third kappa shape index (κ3) is 27.8. The molecule has 30 heteroatoms. The van der Waals surface area contributed by atoms with Gasteiger partial charge in [-0.05, 0) is 172 Å². The van der Waals surface area contributed by atoms with Gasteiger partial charge >= 0.3 is 0 Å². The van der Waals surface area contributed by atoms with E-state index in [4.69, 9.17) is 163 Å². The molecule has 10 rings (SSSR count). The highest BCUT2D eigenvalue weighted by Gasteiger charge is 2.29. The average molecular weight is 1690 g/mol. The van der Waals surface area contributed by atoms with Crippen molar-refractivity contribution in [2.75, 3.05) is 43.7 Å². The summed E-state index contributed by atoms with van der Waals surface area (Å²) in [5.41, 5.74) is 8.11. The molecule has 0 aliphatic heterocycles. The van der Waals surface area contributed by atoms with Crippen LogP contribution in [0.25, 0.3) is 0 Å². The Morgan fingerprint density at radius 1 is 0.438 bits per heavy atom. The Hall–Kier alpha value is -6.64. The van der Waals surface area contributed by atoms with Gasteiger partial charge in [0.1, 0.15) is 67.9 Å². The van der Waals surface area contributed by atoms with Gasteiger partial charge in [0.15, 0.2) is 27.1 Å². The quantitative estimate of drug-likeness (QED) is 0.0438. The van der Waals surface area contributed by atoms with E-state index in [9.17, 15) is 18.8 Å². The Morgan fingerprint density at radius 3 is 1.13 bits per heavy atom. The molecule has 0 amide bonds. The van der Waals surface area contributed by atoms with Gasteiger partial charge in [0.2, 0.25) is 15.9 Å². The maximum absolute atomic E-state index is 11.5. The highest BCUT2D eigenvalue weighted by molar-refractivity contribution is 7.89. The van der Waals surface area contributed by atoms with Crippen LogP contribution in [-0.2, 0) is 50.9 Å². The summed E-state index contributed by atoms with van der Waals surface area (Å²) in [7, 11) is -3.22. The van der Waals surface area contributed by atoms with Gasteiger partial charge in [-0.15, -0.1) is 46.4 Å². The van der Waals surface area contributed by atoms with Gasteiger partial charge in [-0.3, -0.25) is 0 Å². The third-order valence-corrected chi connectivity index (χ3v) is 18.7. The Bertz CT molecular complexity index is 4540. The maximum Gasteiger partial charge on any atom is 0.222 e. The van der Waals surface area contributed by atoms with Gasteiger partial charge in [0.25, 0.3) is 0 Å². The fraction of sp³-hybridized carbons (Fsp3) is 0.293. The Kier molecular flexibility index (Phi) is 36.3. The molecule has 6 aromatic carbocycles. The number of rotatable bonds is 24. The first kappa shape index (κ1) is 89.0. The van der Waals surface area contributed by atoms with Gasteiger partial charge in [0.05, 0.1) is 71.3 Å². The molecule has 0 radical (unpaired) electrons. The number of aryl methyl sites for hydroxylation is 1. The molecule has 0 fully saturated rings. The molecule has 1 N–H and O–H groups in total. The average Bonchev–Trinajstić information content (AvgIpc) is 0.799. The van der Waals surface area contributed by atoms with E-state index in [1.165, 1.54) is 6.20 Å². The predicted molar refractivity (Wildman–Crippen MR) is 427 cm³/mol. The number of sulfone groups is 1. The van der Waals surface area contributed by atoms with Crippen molar-refractivity contribution in [2.24, 2.45) is 0 Å². The van der Waals surface area contributed by atoms with Crippen molar-refractivity contribution < 1.29 is 37.2 Å². The normalized spacial score (nSPS) is 11.1. The molecular weight excluding hydrogens is 1610 g/mol. The van der Waals surface area contributed by atoms with Crippen molar-refractivity contribution in [1.82, 2.24) is 39.9 Å². The highest BCUT2D eigenvalue weighted by atomic mass is 35.5. The molecular formula is C75H75Cl12N9O8S. The van der Waals surface area contributed by atoms with Crippen LogP contribution >= 0.6 is 139 Å². The number of ether oxygens (including phenoxy) is 5. The van der Waals surface area contributed by atoms with Crippen LogP contribution in [0.1, 0.15) is 117 Å². The van der Waals surface area contributed by atoms with Crippen LogP contribution in [0.15, 0.2) is 158 Å². The lowest BCUT2D eigenvalue weighted by Crippen LogP contribution is -2.19. The van der Waals surface area contributed by atoms with Crippen LogP contribution in [-0.4, -0.2) is 97.1 Å². The largest absolute Gasteiger partial charge is 0.508 e. The topological polar surface area (TPSA) is 227 Å². The summed E-state index contributed by atoms with van der Waals surface area (Å²) in [6.07, 6.45) is 7.46. The van der Waals surface area contributed by atoms with Crippen molar-refractivity contribution in [1.29, 1.82) is 5.26 Å². The molecule has 0 aliphatic carbocycles. The smallest absolute Gasteiger partial charge is 0.222 e. The second-order valence-corrected chi connectivity index (χ2v) is 30.5. The minimum atomic E-state index is -3.22. The van der Waals surface area contributed by atoms with E-state index in [1.807, 2.05) is 106 Å². The molecule has 17 nitrogen and oxygen atoms in total. The fourth-order valence-electron chi connectivity index (χ4n) is 9.49. The number of nitriles is 1. The molecule has 0 unspecified atom stereocenters. The van der Waals surface area contributed by atoms with E-state index in [0.717, 1.165) is 56.8 Å². The zero-order valence-corrected chi connectivity index (χ0v) is 67.2. The van der Waals surface area contributed by atoms with Crippen LogP contribution in [0.4, 0.5) is 0 Å². The summed E-state index contributed by atoms with van der Waals surface area (Å²) >= 11 is 71.0. The summed E-state index contributed by atoms with van der Waals surface area (Å²) in [4.78, 5) is 31.2. The molecule has 4 heterocycles. The van der Waals surface area contributed by atoms with Crippen molar-refractivity contribution in [3.05, 3.63) is 267 Å².